The molecule has 0 aliphatic carbocycles. The van der Waals surface area contributed by atoms with Gasteiger partial charge in [0.1, 0.15) is 42.7 Å². The average molecular weight is 687 g/mol. The number of halogens is 7. The van der Waals surface area contributed by atoms with Crippen LogP contribution in [-0.4, -0.2) is 153 Å². The van der Waals surface area contributed by atoms with E-state index in [1.807, 2.05) is 0 Å². The Hall–Kier alpha value is -0.670. The third-order valence-electron chi connectivity index (χ3n) is 4.91. The summed E-state index contributed by atoms with van der Waals surface area (Å²) < 4.78 is 82.3. The molecule has 16 nitrogen and oxygen atoms in total. The van der Waals surface area contributed by atoms with E-state index in [4.69, 9.17) is 30.9 Å². The Bertz CT molecular complexity index is 774. The summed E-state index contributed by atoms with van der Waals surface area (Å²) in [6.07, 6.45) is -21.9. The molecule has 0 bridgehead atoms. The fourth-order valence-corrected chi connectivity index (χ4v) is 2.82. The maximum Gasteiger partial charge on any atom is 1.00 e. The third-order valence-corrected chi connectivity index (χ3v) is 4.91. The van der Waals surface area contributed by atoms with Gasteiger partial charge in [0.2, 0.25) is 0 Å². The number of carbonyl (C=O) groups is 2. The zero-order valence-corrected chi connectivity index (χ0v) is 25.5. The molecule has 0 aromatic heterocycles. The van der Waals surface area contributed by atoms with Crippen molar-refractivity contribution in [2.75, 3.05) is 26.9 Å². The van der Waals surface area contributed by atoms with Gasteiger partial charge in [0.15, 0.2) is 12.6 Å². The van der Waals surface area contributed by atoms with Crippen molar-refractivity contribution in [3.8, 4) is 0 Å². The predicted molar refractivity (Wildman–Crippen MR) is 122 cm³/mol. The van der Waals surface area contributed by atoms with Crippen LogP contribution in [0.25, 0.3) is 0 Å². The molecule has 0 aromatic rings. The zero-order valence-electron chi connectivity index (χ0n) is 22.7. The average Bonchev–Trinajstić information content (AvgIpc) is 2.90. The Morgan fingerprint density at radius 2 is 1.21 bits per heavy atom. The fourth-order valence-electron chi connectivity index (χ4n) is 2.82. The first kappa shape index (κ1) is 49.2. The molecule has 24 heteroatoms. The van der Waals surface area contributed by atoms with Crippen molar-refractivity contribution < 1.29 is 126 Å². The van der Waals surface area contributed by atoms with E-state index in [0.29, 0.717) is 0 Å². The Labute approximate surface area is 268 Å². The second-order valence-corrected chi connectivity index (χ2v) is 7.75. The molecule has 10 atom stereocenters. The van der Waals surface area contributed by atoms with Gasteiger partial charge in [-0.1, -0.05) is 0 Å². The van der Waals surface area contributed by atoms with Gasteiger partial charge in [-0.15, -0.1) is 12.4 Å². The molecular formula is C19H34ClF6N2NaO14. The summed E-state index contributed by atoms with van der Waals surface area (Å²) in [5.41, 5.74) is 5.26. The van der Waals surface area contributed by atoms with Gasteiger partial charge in [-0.3, -0.25) is 4.79 Å². The van der Waals surface area contributed by atoms with Crippen LogP contribution in [0, 0.1) is 0 Å². The molecule has 11 N–H and O–H groups in total. The van der Waals surface area contributed by atoms with Gasteiger partial charge in [-0.25, -0.2) is 4.79 Å². The molecule has 0 spiro atoms. The van der Waals surface area contributed by atoms with E-state index >= 15 is 0 Å². The minimum absolute atomic E-state index is 0. The van der Waals surface area contributed by atoms with Gasteiger partial charge in [0.25, 0.3) is 0 Å². The summed E-state index contributed by atoms with van der Waals surface area (Å²) >= 11 is 0. The summed E-state index contributed by atoms with van der Waals surface area (Å²) in [4.78, 5) is 20.4. The van der Waals surface area contributed by atoms with Gasteiger partial charge >= 0.3 is 53.8 Å². The first-order valence-corrected chi connectivity index (χ1v) is 11.1. The molecule has 1 amide bonds. The van der Waals surface area contributed by atoms with Crippen molar-refractivity contribution >= 4 is 24.3 Å². The minimum atomic E-state index is -5.20. The van der Waals surface area contributed by atoms with Crippen molar-refractivity contribution in [1.82, 2.24) is 5.32 Å². The molecule has 2 fully saturated rings. The van der Waals surface area contributed by atoms with Crippen LogP contribution in [0.15, 0.2) is 0 Å². The molecule has 2 saturated heterocycles. The molecule has 2 unspecified atom stereocenters. The molecular weight excluding hydrogens is 653 g/mol. The third kappa shape index (κ3) is 16.5. The molecule has 254 valence electrons. The number of carbonyl (C=O) groups excluding carboxylic acids is 2. The van der Waals surface area contributed by atoms with Crippen LogP contribution < -0.4 is 45.7 Å². The number of hydrogen-bond donors (Lipinski definition) is 10. The van der Waals surface area contributed by atoms with Gasteiger partial charge in [-0.05, 0) is 6.92 Å². The molecule has 0 saturated carbocycles. The zero-order chi connectivity index (χ0) is 32.9. The summed E-state index contributed by atoms with van der Waals surface area (Å²) in [5.74, 6) is -4.52. The standard InChI is InChI=1S/C8H12F3NO6.C6H13NO5.C4H5F3O2.CH3O.ClH.Na/c9-8(10,11)7(17)12-3-5(15)4(14)2(1-13)18-6(3)16;7-3-5(10)4(9)2(1-8)12-6(3)11;1-2-9-3(8)4(5,6)7;1-2;;/h2-6,13-16H,1H2,(H,12,17);2-6,8-11H,1,7H2;2H2,1H3;1H3;1H;/q;;;-1;;+1/t2*2-,3-,4-,5-,6?;;;;/m11..../s1. The van der Waals surface area contributed by atoms with Crippen molar-refractivity contribution in [2.45, 2.75) is 80.6 Å². The SMILES string of the molecule is CCOC(=O)C(F)(F)F.C[O-].Cl.N[C@H]1C(O)O[C@H](CO)[C@@H](O)[C@@H]1O.O=C(N[C@H]1C(O)O[C@H](CO)[C@@H](O)[C@@H]1O)C(F)(F)F.[Na+]. The molecule has 2 heterocycles. The van der Waals surface area contributed by atoms with Crippen molar-refractivity contribution in [3.05, 3.63) is 0 Å². The van der Waals surface area contributed by atoms with Crippen molar-refractivity contribution in [1.29, 1.82) is 0 Å². The summed E-state index contributed by atoms with van der Waals surface area (Å²) in [5, 5.41) is 82.4. The van der Waals surface area contributed by atoms with E-state index < -0.39 is 98.7 Å². The topological polar surface area (TPSA) is 285 Å². The first-order chi connectivity index (χ1) is 18.7. The molecule has 2 aliphatic rings. The van der Waals surface area contributed by atoms with Crippen molar-refractivity contribution in [2.24, 2.45) is 5.73 Å². The summed E-state index contributed by atoms with van der Waals surface area (Å²) in [6.45, 7) is -0.167. The predicted octanol–water partition coefficient (Wildman–Crippen LogP) is -8.28. The molecule has 43 heavy (non-hydrogen) atoms. The van der Waals surface area contributed by atoms with Crippen LogP contribution in [0.3, 0.4) is 0 Å². The van der Waals surface area contributed by atoms with Crippen LogP contribution in [0.2, 0.25) is 0 Å². The van der Waals surface area contributed by atoms with Crippen molar-refractivity contribution in [3.63, 3.8) is 0 Å². The number of rotatable bonds is 4. The van der Waals surface area contributed by atoms with E-state index in [2.05, 4.69) is 9.47 Å². The molecule has 2 aliphatic heterocycles. The van der Waals surface area contributed by atoms with Gasteiger partial charge in [-0.2, -0.15) is 33.5 Å². The number of nitrogens with two attached hydrogens (primary N) is 1. The molecule has 0 radical (unpaired) electrons. The number of hydrogen-bond acceptors (Lipinski definition) is 15. The van der Waals surface area contributed by atoms with E-state index in [0.717, 1.165) is 7.11 Å². The number of nitrogens with one attached hydrogen (secondary N) is 1. The normalized spacial score (nSPS) is 31.9. The first-order valence-electron chi connectivity index (χ1n) is 11.1. The molecule has 2 rings (SSSR count). The number of esters is 1. The summed E-state index contributed by atoms with van der Waals surface area (Å²) in [6, 6.07) is -2.89. The number of aliphatic hydroxyl groups is 8. The Kier molecular flexibility index (Phi) is 26.1. The van der Waals surface area contributed by atoms with Crippen LogP contribution >= 0.6 is 12.4 Å². The van der Waals surface area contributed by atoms with Gasteiger partial charge in [0, 0.05) is 0 Å². The Morgan fingerprint density at radius 1 is 0.814 bits per heavy atom. The maximum absolute atomic E-state index is 12.0. The Morgan fingerprint density at radius 3 is 1.53 bits per heavy atom. The molecule has 0 aromatic carbocycles. The van der Waals surface area contributed by atoms with E-state index in [-0.39, 0.29) is 48.6 Å². The maximum atomic E-state index is 12.0. The van der Waals surface area contributed by atoms with Crippen LogP contribution in [0.4, 0.5) is 26.3 Å². The minimum Gasteiger partial charge on any atom is -0.857 e. The quantitative estimate of drug-likeness (QED) is 0.0747. The van der Waals surface area contributed by atoms with E-state index in [9.17, 15) is 61.5 Å². The van der Waals surface area contributed by atoms with Gasteiger partial charge in [0.05, 0.1) is 25.9 Å². The van der Waals surface area contributed by atoms with Crippen LogP contribution in [-0.2, 0) is 23.8 Å². The largest absolute Gasteiger partial charge is 1.00 e. The Balaban J connectivity index is -0.000000267. The fraction of sp³-hybridized carbons (Fsp3) is 0.895. The van der Waals surface area contributed by atoms with Crippen LogP contribution in [0.1, 0.15) is 6.92 Å². The number of aliphatic hydroxyl groups excluding tert-OH is 8. The smallest absolute Gasteiger partial charge is 0.857 e. The number of alkyl halides is 6. The number of ether oxygens (including phenoxy) is 3. The van der Waals surface area contributed by atoms with Gasteiger partial charge < -0.3 is 71.2 Å². The monoisotopic (exact) mass is 686 g/mol. The second-order valence-electron chi connectivity index (χ2n) is 7.75. The van der Waals surface area contributed by atoms with E-state index in [1.165, 1.54) is 12.2 Å². The van der Waals surface area contributed by atoms with Crippen LogP contribution in [0.5, 0.6) is 0 Å². The van der Waals surface area contributed by atoms with E-state index in [1.54, 1.807) is 0 Å². The second kappa shape index (κ2) is 22.8. The summed E-state index contributed by atoms with van der Waals surface area (Å²) in [7, 11) is 0.750. The number of amides is 1.